The number of halogens is 1. The standard InChI is InChI=1S/C24H29ClN2O3S/c1-15(2)21-22(29-4)27-24(3,23(26-21)30-5)13-12-16-10-11-17(14-18(16)25)31-20-9-7-6-8-19(20)28/h6-11,14-15,21,28H,12-13H2,1-5H3/t21-,24+/m1/s1. The van der Waals surface area contributed by atoms with E-state index < -0.39 is 5.54 Å². The molecule has 2 aromatic carbocycles. The summed E-state index contributed by atoms with van der Waals surface area (Å²) >= 11 is 8.07. The largest absolute Gasteiger partial charge is 0.507 e. The molecule has 2 atom stereocenters. The fourth-order valence-corrected chi connectivity index (χ4v) is 4.78. The molecule has 5 nitrogen and oxygen atoms in total. The summed E-state index contributed by atoms with van der Waals surface area (Å²) in [4.78, 5) is 11.4. The van der Waals surface area contributed by atoms with Gasteiger partial charge in [0.25, 0.3) is 0 Å². The summed E-state index contributed by atoms with van der Waals surface area (Å²) in [5, 5.41) is 10.7. The molecular formula is C24H29ClN2O3S. The number of hydrogen-bond donors (Lipinski definition) is 1. The first-order valence-corrected chi connectivity index (χ1v) is 11.5. The van der Waals surface area contributed by atoms with E-state index >= 15 is 0 Å². The number of aryl methyl sites for hydroxylation is 1. The monoisotopic (exact) mass is 460 g/mol. The number of phenolic OH excluding ortho intramolecular Hbond substituents is 1. The quantitative estimate of drug-likeness (QED) is 0.572. The highest BCUT2D eigenvalue weighted by atomic mass is 35.5. The molecule has 0 saturated carbocycles. The Morgan fingerprint density at radius 3 is 2.52 bits per heavy atom. The Balaban J connectivity index is 1.76. The van der Waals surface area contributed by atoms with Crippen LogP contribution in [0, 0.1) is 5.92 Å². The van der Waals surface area contributed by atoms with Crippen LogP contribution in [-0.4, -0.2) is 42.7 Å². The maximum Gasteiger partial charge on any atom is 0.212 e. The molecule has 0 radical (unpaired) electrons. The maximum absolute atomic E-state index is 10.00. The van der Waals surface area contributed by atoms with Crippen LogP contribution in [0.2, 0.25) is 5.02 Å². The van der Waals surface area contributed by atoms with Gasteiger partial charge in [0.05, 0.1) is 19.1 Å². The first kappa shape index (κ1) is 23.5. The van der Waals surface area contributed by atoms with Gasteiger partial charge in [-0.1, -0.05) is 55.4 Å². The molecule has 0 aromatic heterocycles. The highest BCUT2D eigenvalue weighted by Crippen LogP contribution is 2.36. The van der Waals surface area contributed by atoms with E-state index in [1.807, 2.05) is 37.3 Å². The van der Waals surface area contributed by atoms with Crippen LogP contribution in [0.4, 0.5) is 0 Å². The number of methoxy groups -OCH3 is 2. The first-order valence-electron chi connectivity index (χ1n) is 10.3. The number of hydrogen-bond acceptors (Lipinski definition) is 6. The number of benzene rings is 2. The number of nitrogens with zero attached hydrogens (tertiary/aromatic N) is 2. The first-order chi connectivity index (χ1) is 14.8. The molecule has 0 amide bonds. The molecule has 0 saturated heterocycles. The van der Waals surface area contributed by atoms with E-state index in [1.165, 1.54) is 11.8 Å². The topological polar surface area (TPSA) is 63.4 Å². The zero-order valence-corrected chi connectivity index (χ0v) is 20.1. The van der Waals surface area contributed by atoms with Crippen molar-refractivity contribution in [2.45, 2.75) is 55.0 Å². The molecule has 3 rings (SSSR count). The zero-order chi connectivity index (χ0) is 22.6. The molecule has 0 fully saturated rings. The van der Waals surface area contributed by atoms with Crippen molar-refractivity contribution in [1.29, 1.82) is 0 Å². The van der Waals surface area contributed by atoms with Gasteiger partial charge in [0.2, 0.25) is 11.8 Å². The fraction of sp³-hybridized carbons (Fsp3) is 0.417. The summed E-state index contributed by atoms with van der Waals surface area (Å²) in [7, 11) is 3.28. The maximum atomic E-state index is 10.00. The second kappa shape index (κ2) is 9.96. The van der Waals surface area contributed by atoms with Crippen molar-refractivity contribution in [3.63, 3.8) is 0 Å². The predicted octanol–water partition coefficient (Wildman–Crippen LogP) is 6.02. The normalized spacial score (nSPS) is 20.9. The van der Waals surface area contributed by atoms with E-state index in [-0.39, 0.29) is 17.7 Å². The third kappa shape index (κ3) is 5.36. The molecule has 1 aliphatic heterocycles. The second-order valence-corrected chi connectivity index (χ2v) is 9.60. The van der Waals surface area contributed by atoms with E-state index in [4.69, 9.17) is 31.1 Å². The van der Waals surface area contributed by atoms with Gasteiger partial charge in [-0.2, -0.15) is 0 Å². The van der Waals surface area contributed by atoms with Crippen molar-refractivity contribution in [3.8, 4) is 5.75 Å². The molecule has 1 heterocycles. The molecule has 31 heavy (non-hydrogen) atoms. The van der Waals surface area contributed by atoms with Crippen LogP contribution in [-0.2, 0) is 15.9 Å². The molecule has 0 bridgehead atoms. The van der Waals surface area contributed by atoms with E-state index in [0.29, 0.717) is 29.7 Å². The Kier molecular flexibility index (Phi) is 7.55. The molecular weight excluding hydrogens is 432 g/mol. The minimum Gasteiger partial charge on any atom is -0.507 e. The van der Waals surface area contributed by atoms with Crippen molar-refractivity contribution in [1.82, 2.24) is 0 Å². The summed E-state index contributed by atoms with van der Waals surface area (Å²) in [6, 6.07) is 13.1. The van der Waals surface area contributed by atoms with Crippen molar-refractivity contribution < 1.29 is 14.6 Å². The molecule has 2 aromatic rings. The van der Waals surface area contributed by atoms with Gasteiger partial charge >= 0.3 is 0 Å². The van der Waals surface area contributed by atoms with Crippen LogP contribution in [0.25, 0.3) is 0 Å². The third-order valence-corrected chi connectivity index (χ3v) is 6.77. The molecule has 7 heteroatoms. The van der Waals surface area contributed by atoms with E-state index in [2.05, 4.69) is 13.8 Å². The van der Waals surface area contributed by atoms with Crippen LogP contribution in [0.5, 0.6) is 5.75 Å². The molecule has 166 valence electrons. The SMILES string of the molecule is COC1=N[C@@](C)(CCc2ccc(Sc3ccccc3O)cc2Cl)C(OC)=N[C@@H]1C(C)C. The number of para-hydroxylation sites is 1. The van der Waals surface area contributed by atoms with Crippen LogP contribution in [0.15, 0.2) is 62.2 Å². The summed E-state index contributed by atoms with van der Waals surface area (Å²) < 4.78 is 11.2. The lowest BCUT2D eigenvalue weighted by molar-refractivity contribution is 0.305. The van der Waals surface area contributed by atoms with Crippen molar-refractivity contribution in [3.05, 3.63) is 53.1 Å². The lowest BCUT2D eigenvalue weighted by atomic mass is 9.90. The molecule has 0 unspecified atom stereocenters. The second-order valence-electron chi connectivity index (χ2n) is 8.08. The number of ether oxygens (including phenoxy) is 2. The number of phenols is 1. The number of aliphatic imine (C=N–C) groups is 2. The van der Waals surface area contributed by atoms with E-state index in [0.717, 1.165) is 15.4 Å². The van der Waals surface area contributed by atoms with Crippen molar-refractivity contribution >= 4 is 35.2 Å². The Hall–Kier alpha value is -2.18. The van der Waals surface area contributed by atoms with Gasteiger partial charge in [0.15, 0.2) is 0 Å². The average molecular weight is 461 g/mol. The number of aromatic hydroxyl groups is 1. The summed E-state index contributed by atoms with van der Waals surface area (Å²) in [5.74, 6) is 1.78. The molecule has 1 aliphatic rings. The van der Waals surface area contributed by atoms with Gasteiger partial charge in [-0.15, -0.1) is 0 Å². The van der Waals surface area contributed by atoms with Gasteiger partial charge in [0, 0.05) is 9.92 Å². The van der Waals surface area contributed by atoms with Crippen molar-refractivity contribution in [2.75, 3.05) is 14.2 Å². The Labute approximate surface area is 193 Å². The van der Waals surface area contributed by atoms with Crippen LogP contribution < -0.4 is 0 Å². The molecule has 0 spiro atoms. The summed E-state index contributed by atoms with van der Waals surface area (Å²) in [6.45, 7) is 6.20. The highest BCUT2D eigenvalue weighted by molar-refractivity contribution is 7.99. The Morgan fingerprint density at radius 2 is 1.90 bits per heavy atom. The minimum absolute atomic E-state index is 0.137. The highest BCUT2D eigenvalue weighted by Gasteiger charge is 2.39. The zero-order valence-electron chi connectivity index (χ0n) is 18.6. The van der Waals surface area contributed by atoms with Crippen LogP contribution in [0.1, 0.15) is 32.8 Å². The van der Waals surface area contributed by atoms with Crippen molar-refractivity contribution in [2.24, 2.45) is 15.9 Å². The Morgan fingerprint density at radius 1 is 1.16 bits per heavy atom. The van der Waals surface area contributed by atoms with Crippen LogP contribution in [0.3, 0.4) is 0 Å². The minimum atomic E-state index is -0.613. The smallest absolute Gasteiger partial charge is 0.212 e. The number of rotatable bonds is 6. The summed E-state index contributed by atoms with van der Waals surface area (Å²) in [5.41, 5.74) is 0.415. The van der Waals surface area contributed by atoms with Gasteiger partial charge in [-0.3, -0.25) is 0 Å². The van der Waals surface area contributed by atoms with Gasteiger partial charge in [-0.05, 0) is 55.5 Å². The van der Waals surface area contributed by atoms with Gasteiger partial charge in [0.1, 0.15) is 17.3 Å². The average Bonchev–Trinajstić information content (AvgIpc) is 2.74. The van der Waals surface area contributed by atoms with E-state index in [1.54, 1.807) is 26.4 Å². The van der Waals surface area contributed by atoms with Gasteiger partial charge in [-0.25, -0.2) is 9.98 Å². The lowest BCUT2D eigenvalue weighted by Gasteiger charge is -2.33. The molecule has 0 aliphatic carbocycles. The van der Waals surface area contributed by atoms with E-state index in [9.17, 15) is 5.11 Å². The summed E-state index contributed by atoms with van der Waals surface area (Å²) in [6.07, 6.45) is 1.40. The van der Waals surface area contributed by atoms with Gasteiger partial charge < -0.3 is 14.6 Å². The fourth-order valence-electron chi connectivity index (χ4n) is 3.56. The predicted molar refractivity (Wildman–Crippen MR) is 128 cm³/mol. The third-order valence-electron chi connectivity index (χ3n) is 5.36. The molecule has 1 N–H and O–H groups in total. The lowest BCUT2D eigenvalue weighted by Crippen LogP contribution is -2.45. The Bertz CT molecular complexity index is 993. The van der Waals surface area contributed by atoms with Crippen LogP contribution >= 0.6 is 23.4 Å².